The Kier molecular flexibility index (Phi) is 5.87. The predicted molar refractivity (Wildman–Crippen MR) is 96.0 cm³/mol. The molecule has 2 aliphatic rings. The normalized spacial score (nSPS) is 17.4. The Labute approximate surface area is 159 Å². The van der Waals surface area contributed by atoms with Gasteiger partial charge in [-0.3, -0.25) is 0 Å². The van der Waals surface area contributed by atoms with E-state index in [1.165, 1.54) is 12.1 Å². The van der Waals surface area contributed by atoms with Crippen molar-refractivity contribution in [2.75, 3.05) is 31.6 Å². The van der Waals surface area contributed by atoms with Crippen LogP contribution < -0.4 is 10.6 Å². The standard InChI is InChI=1S/C19H18F3N3O3/c20-19(21,22)14-2-5-15(6-3-14)23-18(27)24-16-4-1-13(12-26)17(11-16)25-7-9-28-10-8-25/h2-6,11H,1,7-10H2,(H2,23,24,27). The quantitative estimate of drug-likeness (QED) is 0.775. The molecule has 0 unspecified atom stereocenters. The summed E-state index contributed by atoms with van der Waals surface area (Å²) in [5, 5.41) is 5.12. The lowest BCUT2D eigenvalue weighted by molar-refractivity contribution is -0.137. The maximum atomic E-state index is 12.6. The molecule has 1 heterocycles. The predicted octanol–water partition coefficient (Wildman–Crippen LogP) is 3.09. The van der Waals surface area contributed by atoms with Gasteiger partial charge in [-0.25, -0.2) is 9.59 Å². The number of halogens is 3. The molecule has 0 saturated carbocycles. The fourth-order valence-corrected chi connectivity index (χ4v) is 2.91. The smallest absolute Gasteiger partial charge is 0.378 e. The van der Waals surface area contributed by atoms with E-state index in [0.717, 1.165) is 12.1 Å². The molecule has 6 nitrogen and oxygen atoms in total. The van der Waals surface area contributed by atoms with Crippen LogP contribution in [-0.2, 0) is 15.7 Å². The largest absolute Gasteiger partial charge is 0.416 e. The van der Waals surface area contributed by atoms with Crippen molar-refractivity contribution in [1.82, 2.24) is 10.2 Å². The van der Waals surface area contributed by atoms with E-state index in [-0.39, 0.29) is 5.69 Å². The molecule has 1 fully saturated rings. The molecular weight excluding hydrogens is 375 g/mol. The number of amides is 2. The molecule has 0 radical (unpaired) electrons. The highest BCUT2D eigenvalue weighted by Gasteiger charge is 2.30. The second kappa shape index (κ2) is 8.33. The van der Waals surface area contributed by atoms with E-state index in [0.29, 0.717) is 49.7 Å². The number of urea groups is 1. The molecule has 0 aromatic heterocycles. The van der Waals surface area contributed by atoms with Gasteiger partial charge in [0.15, 0.2) is 0 Å². The molecule has 148 valence electrons. The third-order valence-corrected chi connectivity index (χ3v) is 4.33. The Hall–Kier alpha value is -3.03. The average molecular weight is 393 g/mol. The number of ether oxygens (including phenoxy) is 1. The highest BCUT2D eigenvalue weighted by molar-refractivity contribution is 5.90. The van der Waals surface area contributed by atoms with Crippen LogP contribution in [0.3, 0.4) is 0 Å². The number of nitrogens with zero attached hydrogens (tertiary/aromatic N) is 1. The van der Waals surface area contributed by atoms with E-state index in [1.807, 2.05) is 10.8 Å². The molecule has 1 saturated heterocycles. The lowest BCUT2D eigenvalue weighted by Gasteiger charge is -2.32. The first-order valence-electron chi connectivity index (χ1n) is 8.61. The Morgan fingerprint density at radius 1 is 1.11 bits per heavy atom. The zero-order chi connectivity index (χ0) is 20.1. The first kappa shape index (κ1) is 19.7. The van der Waals surface area contributed by atoms with Gasteiger partial charge in [0.25, 0.3) is 0 Å². The third kappa shape index (κ3) is 4.82. The zero-order valence-corrected chi connectivity index (χ0v) is 14.8. The van der Waals surface area contributed by atoms with Crippen molar-refractivity contribution in [2.45, 2.75) is 12.6 Å². The van der Waals surface area contributed by atoms with Crippen LogP contribution in [-0.4, -0.2) is 43.2 Å². The van der Waals surface area contributed by atoms with E-state index in [1.54, 1.807) is 12.2 Å². The summed E-state index contributed by atoms with van der Waals surface area (Å²) in [6.45, 7) is 2.35. The van der Waals surface area contributed by atoms with Gasteiger partial charge in [0.2, 0.25) is 0 Å². The molecular formula is C19H18F3N3O3. The van der Waals surface area contributed by atoms with Crippen molar-refractivity contribution in [3.8, 4) is 0 Å². The number of hydrogen-bond acceptors (Lipinski definition) is 4. The second-order valence-electron chi connectivity index (χ2n) is 6.23. The van der Waals surface area contributed by atoms with Gasteiger partial charge < -0.3 is 20.3 Å². The Balaban J connectivity index is 1.65. The summed E-state index contributed by atoms with van der Waals surface area (Å²) in [6.07, 6.45) is -0.751. The molecule has 0 spiro atoms. The number of alkyl halides is 3. The van der Waals surface area contributed by atoms with Gasteiger partial charge in [-0.1, -0.05) is 6.08 Å². The molecule has 1 aromatic rings. The van der Waals surface area contributed by atoms with Crippen LogP contribution in [0, 0.1) is 0 Å². The lowest BCUT2D eigenvalue weighted by Crippen LogP contribution is -2.37. The third-order valence-electron chi connectivity index (χ3n) is 4.33. The summed E-state index contributed by atoms with van der Waals surface area (Å²) < 4.78 is 43.1. The number of benzene rings is 1. The summed E-state index contributed by atoms with van der Waals surface area (Å²) >= 11 is 0. The van der Waals surface area contributed by atoms with Crippen LogP contribution in [0.4, 0.5) is 23.7 Å². The molecule has 9 heteroatoms. The SMILES string of the molecule is O=C=C1CC=C(NC(=O)Nc2ccc(C(F)(F)F)cc2)C=C1N1CCOCC1. The van der Waals surface area contributed by atoms with Gasteiger partial charge in [0.05, 0.1) is 30.0 Å². The molecule has 1 aliphatic carbocycles. The Morgan fingerprint density at radius 2 is 1.79 bits per heavy atom. The average Bonchev–Trinajstić information content (AvgIpc) is 2.68. The first-order valence-corrected chi connectivity index (χ1v) is 8.61. The Morgan fingerprint density at radius 3 is 2.39 bits per heavy atom. The molecule has 0 atom stereocenters. The zero-order valence-electron chi connectivity index (χ0n) is 14.8. The molecule has 2 amide bonds. The molecule has 3 rings (SSSR count). The van der Waals surface area contributed by atoms with Gasteiger partial charge in [-0.2, -0.15) is 13.2 Å². The van der Waals surface area contributed by atoms with E-state index in [2.05, 4.69) is 10.6 Å². The summed E-state index contributed by atoms with van der Waals surface area (Å²) in [5.41, 5.74) is 1.11. The number of carbonyl (C=O) groups is 1. The lowest BCUT2D eigenvalue weighted by atomic mass is 10.0. The van der Waals surface area contributed by atoms with Crippen LogP contribution in [0.5, 0.6) is 0 Å². The number of hydrogen-bond donors (Lipinski definition) is 2. The van der Waals surface area contributed by atoms with Crippen molar-refractivity contribution < 1.29 is 27.5 Å². The van der Waals surface area contributed by atoms with Gasteiger partial charge in [-0.15, -0.1) is 0 Å². The van der Waals surface area contributed by atoms with Crippen LogP contribution in [0.1, 0.15) is 12.0 Å². The van der Waals surface area contributed by atoms with Crippen LogP contribution in [0.25, 0.3) is 0 Å². The van der Waals surface area contributed by atoms with E-state index >= 15 is 0 Å². The summed E-state index contributed by atoms with van der Waals surface area (Å²) in [7, 11) is 0. The van der Waals surface area contributed by atoms with Crippen molar-refractivity contribution in [2.24, 2.45) is 0 Å². The van der Waals surface area contributed by atoms with E-state index in [9.17, 15) is 22.8 Å². The van der Waals surface area contributed by atoms with Crippen molar-refractivity contribution in [3.05, 3.63) is 58.9 Å². The topological polar surface area (TPSA) is 70.7 Å². The van der Waals surface area contributed by atoms with Gasteiger partial charge in [-0.05, 0) is 30.3 Å². The number of nitrogens with one attached hydrogen (secondary N) is 2. The number of carbonyl (C=O) groups excluding carboxylic acids is 2. The summed E-state index contributed by atoms with van der Waals surface area (Å²) in [6, 6.07) is 3.56. The fraction of sp³-hybridized carbons (Fsp3) is 0.316. The van der Waals surface area contributed by atoms with Crippen molar-refractivity contribution in [1.29, 1.82) is 0 Å². The summed E-state index contributed by atoms with van der Waals surface area (Å²) in [5.74, 6) is 1.93. The second-order valence-corrected chi connectivity index (χ2v) is 6.23. The molecule has 2 N–H and O–H groups in total. The molecule has 1 aromatic carbocycles. The highest BCUT2D eigenvalue weighted by Crippen LogP contribution is 2.30. The molecule has 28 heavy (non-hydrogen) atoms. The minimum absolute atomic E-state index is 0.229. The molecule has 1 aliphatic heterocycles. The van der Waals surface area contributed by atoms with Crippen LogP contribution in [0.15, 0.2) is 53.4 Å². The number of anilines is 1. The van der Waals surface area contributed by atoms with Crippen molar-refractivity contribution >= 4 is 17.7 Å². The maximum Gasteiger partial charge on any atom is 0.416 e. The van der Waals surface area contributed by atoms with E-state index < -0.39 is 17.8 Å². The first-order chi connectivity index (χ1) is 13.4. The Bertz CT molecular complexity index is 847. The number of rotatable bonds is 3. The minimum Gasteiger partial charge on any atom is -0.378 e. The number of morpholine rings is 1. The van der Waals surface area contributed by atoms with Gasteiger partial charge >= 0.3 is 12.2 Å². The van der Waals surface area contributed by atoms with Crippen LogP contribution >= 0.6 is 0 Å². The number of allylic oxidation sites excluding steroid dienone is 3. The van der Waals surface area contributed by atoms with Gasteiger partial charge in [0.1, 0.15) is 5.94 Å². The minimum atomic E-state index is -4.43. The van der Waals surface area contributed by atoms with Crippen LogP contribution in [0.2, 0.25) is 0 Å². The fourth-order valence-electron chi connectivity index (χ4n) is 2.91. The van der Waals surface area contributed by atoms with E-state index in [4.69, 9.17) is 4.74 Å². The monoisotopic (exact) mass is 393 g/mol. The molecule has 0 bridgehead atoms. The highest BCUT2D eigenvalue weighted by atomic mass is 19.4. The summed E-state index contributed by atoms with van der Waals surface area (Å²) in [4.78, 5) is 25.4. The van der Waals surface area contributed by atoms with Gasteiger partial charge in [0, 0.05) is 30.9 Å². The van der Waals surface area contributed by atoms with Crippen molar-refractivity contribution in [3.63, 3.8) is 0 Å². The maximum absolute atomic E-state index is 12.6.